The number of ether oxygens (including phenoxy) is 1. The van der Waals surface area contributed by atoms with E-state index in [2.05, 4.69) is 38.2 Å². The standard InChI is InChI=1S/C19H28N2O2.ClH/c1-13-10-14(2)15(3)18(11-13)23-9-7-19(22)21-8-6-16-4-5-17(12-21)20-16;/h10-11,16-17,20H,4-9,12H2,1-3H3;1H. The van der Waals surface area contributed by atoms with Gasteiger partial charge in [0.2, 0.25) is 5.91 Å². The molecule has 5 heteroatoms. The van der Waals surface area contributed by atoms with Crippen molar-refractivity contribution in [3.63, 3.8) is 0 Å². The van der Waals surface area contributed by atoms with Gasteiger partial charge in [-0.15, -0.1) is 12.4 Å². The van der Waals surface area contributed by atoms with Crippen LogP contribution < -0.4 is 10.1 Å². The number of nitrogens with zero attached hydrogens (tertiary/aromatic N) is 1. The Labute approximate surface area is 151 Å². The first-order valence-electron chi connectivity index (χ1n) is 8.77. The third-order valence-electron chi connectivity index (χ3n) is 5.21. The predicted octanol–water partition coefficient (Wildman–Crippen LogP) is 3.16. The molecule has 1 amide bonds. The minimum absolute atomic E-state index is 0. The van der Waals surface area contributed by atoms with Crippen molar-refractivity contribution in [2.24, 2.45) is 0 Å². The van der Waals surface area contributed by atoms with Crippen LogP contribution in [0.5, 0.6) is 5.75 Å². The Hall–Kier alpha value is -1.26. The van der Waals surface area contributed by atoms with E-state index in [1.807, 2.05) is 4.90 Å². The molecule has 24 heavy (non-hydrogen) atoms. The Kier molecular flexibility index (Phi) is 6.53. The topological polar surface area (TPSA) is 41.6 Å². The molecule has 0 saturated carbocycles. The molecule has 3 rings (SSSR count). The molecule has 2 fully saturated rings. The van der Waals surface area contributed by atoms with Gasteiger partial charge in [0.1, 0.15) is 5.75 Å². The molecule has 2 atom stereocenters. The number of benzene rings is 1. The van der Waals surface area contributed by atoms with E-state index >= 15 is 0 Å². The van der Waals surface area contributed by atoms with Crippen LogP contribution >= 0.6 is 12.4 Å². The molecule has 2 unspecified atom stereocenters. The SMILES string of the molecule is Cc1cc(C)c(C)c(OCCC(=O)N2CCC3CCC(C2)N3)c1.Cl. The minimum atomic E-state index is 0. The van der Waals surface area contributed by atoms with Gasteiger partial charge in [-0.05, 0) is 62.8 Å². The van der Waals surface area contributed by atoms with Gasteiger partial charge in [0.25, 0.3) is 0 Å². The summed E-state index contributed by atoms with van der Waals surface area (Å²) in [5.74, 6) is 1.13. The monoisotopic (exact) mass is 352 g/mol. The highest BCUT2D eigenvalue weighted by atomic mass is 35.5. The van der Waals surface area contributed by atoms with Gasteiger partial charge in [-0.25, -0.2) is 0 Å². The summed E-state index contributed by atoms with van der Waals surface area (Å²) < 4.78 is 5.89. The van der Waals surface area contributed by atoms with Gasteiger partial charge < -0.3 is 15.0 Å². The molecule has 1 aromatic rings. The maximum Gasteiger partial charge on any atom is 0.226 e. The molecule has 1 aromatic carbocycles. The summed E-state index contributed by atoms with van der Waals surface area (Å²) in [6.07, 6.45) is 4.01. The van der Waals surface area contributed by atoms with Crippen LogP contribution in [-0.2, 0) is 4.79 Å². The number of hydrogen-bond acceptors (Lipinski definition) is 3. The number of carbonyl (C=O) groups is 1. The second kappa shape index (κ2) is 8.21. The van der Waals surface area contributed by atoms with Gasteiger partial charge in [-0.3, -0.25) is 4.79 Å². The van der Waals surface area contributed by atoms with E-state index in [1.54, 1.807) is 0 Å². The first-order valence-corrected chi connectivity index (χ1v) is 8.77. The predicted molar refractivity (Wildman–Crippen MR) is 99.2 cm³/mol. The number of amides is 1. The van der Waals surface area contributed by atoms with Crippen molar-refractivity contribution in [1.82, 2.24) is 10.2 Å². The molecule has 0 aliphatic carbocycles. The van der Waals surface area contributed by atoms with Crippen LogP contribution in [0.15, 0.2) is 12.1 Å². The van der Waals surface area contributed by atoms with Gasteiger partial charge in [-0.1, -0.05) is 6.07 Å². The van der Waals surface area contributed by atoms with E-state index in [0.29, 0.717) is 25.1 Å². The average Bonchev–Trinajstić information content (AvgIpc) is 2.83. The quantitative estimate of drug-likeness (QED) is 0.905. The summed E-state index contributed by atoms with van der Waals surface area (Å²) >= 11 is 0. The van der Waals surface area contributed by atoms with E-state index in [9.17, 15) is 4.79 Å². The Balaban J connectivity index is 0.00000208. The highest BCUT2D eigenvalue weighted by molar-refractivity contribution is 5.85. The van der Waals surface area contributed by atoms with Crippen molar-refractivity contribution in [1.29, 1.82) is 0 Å². The lowest BCUT2D eigenvalue weighted by atomic mass is 10.1. The summed E-state index contributed by atoms with van der Waals surface area (Å²) in [6.45, 7) is 8.44. The van der Waals surface area contributed by atoms with Crippen molar-refractivity contribution in [3.8, 4) is 5.75 Å². The summed E-state index contributed by atoms with van der Waals surface area (Å²) in [5, 5.41) is 3.61. The number of aryl methyl sites for hydroxylation is 2. The van der Waals surface area contributed by atoms with E-state index in [4.69, 9.17) is 4.74 Å². The molecule has 2 heterocycles. The Morgan fingerprint density at radius 1 is 1.21 bits per heavy atom. The number of hydrogen-bond donors (Lipinski definition) is 1. The van der Waals surface area contributed by atoms with Crippen LogP contribution in [0.2, 0.25) is 0 Å². The number of carbonyl (C=O) groups excluding carboxylic acids is 1. The molecule has 2 aliphatic rings. The van der Waals surface area contributed by atoms with Gasteiger partial charge in [0.05, 0.1) is 13.0 Å². The van der Waals surface area contributed by atoms with Crippen molar-refractivity contribution >= 4 is 18.3 Å². The van der Waals surface area contributed by atoms with Crippen molar-refractivity contribution in [2.75, 3.05) is 19.7 Å². The first-order chi connectivity index (χ1) is 11.0. The maximum atomic E-state index is 12.5. The van der Waals surface area contributed by atoms with Crippen molar-refractivity contribution in [3.05, 3.63) is 28.8 Å². The fourth-order valence-corrected chi connectivity index (χ4v) is 3.73. The molecule has 0 spiro atoms. The number of nitrogens with one attached hydrogen (secondary N) is 1. The first kappa shape index (κ1) is 19.1. The Bertz CT molecular complexity index is 591. The van der Waals surface area contributed by atoms with Crippen molar-refractivity contribution < 1.29 is 9.53 Å². The lowest BCUT2D eigenvalue weighted by Gasteiger charge is -2.24. The zero-order valence-corrected chi connectivity index (χ0v) is 15.7. The van der Waals surface area contributed by atoms with Crippen LogP contribution in [0.3, 0.4) is 0 Å². The van der Waals surface area contributed by atoms with Gasteiger partial charge >= 0.3 is 0 Å². The van der Waals surface area contributed by atoms with E-state index in [0.717, 1.165) is 25.3 Å². The van der Waals surface area contributed by atoms with E-state index < -0.39 is 0 Å². The number of fused-ring (bicyclic) bond motifs is 2. The molecule has 2 bridgehead atoms. The number of halogens is 1. The highest BCUT2D eigenvalue weighted by Gasteiger charge is 2.30. The van der Waals surface area contributed by atoms with Crippen LogP contribution in [0.4, 0.5) is 0 Å². The zero-order valence-electron chi connectivity index (χ0n) is 14.9. The van der Waals surface area contributed by atoms with E-state index in [-0.39, 0.29) is 18.3 Å². The molecule has 1 N–H and O–H groups in total. The Morgan fingerprint density at radius 3 is 2.75 bits per heavy atom. The van der Waals surface area contributed by atoms with Gasteiger partial charge in [0.15, 0.2) is 0 Å². The third-order valence-corrected chi connectivity index (χ3v) is 5.21. The maximum absolute atomic E-state index is 12.5. The molecule has 0 aromatic heterocycles. The van der Waals surface area contributed by atoms with E-state index in [1.165, 1.54) is 29.5 Å². The minimum Gasteiger partial charge on any atom is -0.493 e. The lowest BCUT2D eigenvalue weighted by Crippen LogP contribution is -2.39. The van der Waals surface area contributed by atoms with Gasteiger partial charge in [-0.2, -0.15) is 0 Å². The second-order valence-corrected chi connectivity index (χ2v) is 7.07. The normalized spacial score (nSPS) is 22.7. The summed E-state index contributed by atoms with van der Waals surface area (Å²) in [7, 11) is 0. The largest absolute Gasteiger partial charge is 0.493 e. The van der Waals surface area contributed by atoms with Crippen LogP contribution in [0, 0.1) is 20.8 Å². The smallest absolute Gasteiger partial charge is 0.226 e. The molecule has 4 nitrogen and oxygen atoms in total. The summed E-state index contributed by atoms with van der Waals surface area (Å²) in [6, 6.07) is 5.33. The molecule has 0 radical (unpaired) electrons. The van der Waals surface area contributed by atoms with Gasteiger partial charge in [0, 0.05) is 25.2 Å². The Morgan fingerprint density at radius 2 is 1.96 bits per heavy atom. The molecule has 2 saturated heterocycles. The summed E-state index contributed by atoms with van der Waals surface area (Å²) in [5.41, 5.74) is 3.60. The second-order valence-electron chi connectivity index (χ2n) is 7.07. The molecule has 2 aliphatic heterocycles. The fourth-order valence-electron chi connectivity index (χ4n) is 3.73. The molecular formula is C19H29ClN2O2. The third kappa shape index (κ3) is 4.42. The number of rotatable bonds is 4. The average molecular weight is 353 g/mol. The van der Waals surface area contributed by atoms with Crippen molar-refractivity contribution in [2.45, 2.75) is 58.5 Å². The zero-order chi connectivity index (χ0) is 16.4. The van der Waals surface area contributed by atoms with Crippen LogP contribution in [0.25, 0.3) is 0 Å². The number of likely N-dealkylation sites (tertiary alicyclic amines) is 1. The molecule has 134 valence electrons. The van der Waals surface area contributed by atoms with Crippen LogP contribution in [0.1, 0.15) is 42.4 Å². The van der Waals surface area contributed by atoms with Crippen LogP contribution in [-0.4, -0.2) is 42.6 Å². The molecular weight excluding hydrogens is 324 g/mol. The lowest BCUT2D eigenvalue weighted by molar-refractivity contribution is -0.131. The highest BCUT2D eigenvalue weighted by Crippen LogP contribution is 2.24. The summed E-state index contributed by atoms with van der Waals surface area (Å²) in [4.78, 5) is 14.5. The fraction of sp³-hybridized carbons (Fsp3) is 0.632.